The molecule has 0 bridgehead atoms. The molecule has 0 saturated carbocycles. The summed E-state index contributed by atoms with van der Waals surface area (Å²) in [5, 5.41) is 23.6. The Kier molecular flexibility index (Phi) is 4.14. The predicted molar refractivity (Wildman–Crippen MR) is 63.6 cm³/mol. The van der Waals surface area contributed by atoms with Gasteiger partial charge in [0.25, 0.3) is 0 Å². The number of aliphatic hydroxyl groups is 1. The van der Waals surface area contributed by atoms with E-state index in [9.17, 15) is 9.90 Å². The second-order valence-electron chi connectivity index (χ2n) is 4.08. The monoisotopic (exact) mass is 252 g/mol. The zero-order chi connectivity index (χ0) is 13.0. The van der Waals surface area contributed by atoms with Crippen molar-refractivity contribution in [1.82, 2.24) is 10.4 Å². The van der Waals surface area contributed by atoms with Crippen LogP contribution in [0.5, 0.6) is 5.75 Å². The summed E-state index contributed by atoms with van der Waals surface area (Å²) in [6, 6.07) is 5.80. The van der Waals surface area contributed by atoms with Crippen LogP contribution in [0.3, 0.4) is 0 Å². The quantitative estimate of drug-likeness (QED) is 0.690. The molecule has 0 spiro atoms. The Morgan fingerprint density at radius 3 is 2.50 bits per heavy atom. The maximum atomic E-state index is 11.7. The molecule has 6 nitrogen and oxygen atoms in total. The Morgan fingerprint density at radius 2 is 1.89 bits per heavy atom. The van der Waals surface area contributed by atoms with Crippen molar-refractivity contribution in [2.24, 2.45) is 0 Å². The highest BCUT2D eigenvalue weighted by atomic mass is 16.7. The van der Waals surface area contributed by atoms with E-state index in [0.29, 0.717) is 18.7 Å². The summed E-state index contributed by atoms with van der Waals surface area (Å²) in [5.41, 5.74) is 0.396. The van der Waals surface area contributed by atoms with Gasteiger partial charge in [0, 0.05) is 26.2 Å². The minimum atomic E-state index is -1.33. The third-order valence-electron chi connectivity index (χ3n) is 2.73. The van der Waals surface area contributed by atoms with Crippen molar-refractivity contribution in [3.63, 3.8) is 0 Å². The largest absolute Gasteiger partial charge is 0.508 e. The first-order valence-electron chi connectivity index (χ1n) is 5.81. The molecule has 1 aliphatic heterocycles. The highest BCUT2D eigenvalue weighted by Gasteiger charge is 2.23. The van der Waals surface area contributed by atoms with E-state index >= 15 is 0 Å². The Hall–Kier alpha value is -1.63. The van der Waals surface area contributed by atoms with Gasteiger partial charge in [0.1, 0.15) is 5.75 Å². The summed E-state index contributed by atoms with van der Waals surface area (Å²) in [6.07, 6.45) is -1.33. The number of phenolic OH excluding ortho intramolecular Hbond substituents is 1. The maximum Gasteiger partial charge on any atom is 0.358 e. The molecule has 1 aromatic carbocycles. The van der Waals surface area contributed by atoms with Crippen molar-refractivity contribution in [2.45, 2.75) is 6.10 Å². The molecule has 1 atom stereocenters. The lowest BCUT2D eigenvalue weighted by Crippen LogP contribution is -2.44. The van der Waals surface area contributed by atoms with Gasteiger partial charge in [-0.25, -0.2) is 4.79 Å². The van der Waals surface area contributed by atoms with Crippen LogP contribution < -0.4 is 5.32 Å². The van der Waals surface area contributed by atoms with Gasteiger partial charge in [-0.05, 0) is 17.7 Å². The minimum absolute atomic E-state index is 0.0847. The number of benzene rings is 1. The van der Waals surface area contributed by atoms with Gasteiger partial charge in [-0.1, -0.05) is 12.1 Å². The molecule has 98 valence electrons. The average molecular weight is 252 g/mol. The number of hydroxylamine groups is 2. The van der Waals surface area contributed by atoms with Crippen LogP contribution in [0.25, 0.3) is 0 Å². The van der Waals surface area contributed by atoms with Crippen LogP contribution in [0.2, 0.25) is 0 Å². The van der Waals surface area contributed by atoms with Gasteiger partial charge in [0.15, 0.2) is 6.10 Å². The molecule has 0 aliphatic carbocycles. The Labute approximate surface area is 105 Å². The average Bonchev–Trinajstić information content (AvgIpc) is 2.40. The molecule has 1 fully saturated rings. The van der Waals surface area contributed by atoms with Crippen LogP contribution in [0.1, 0.15) is 11.7 Å². The summed E-state index contributed by atoms with van der Waals surface area (Å²) >= 11 is 0. The van der Waals surface area contributed by atoms with Crippen molar-refractivity contribution in [3.05, 3.63) is 29.8 Å². The van der Waals surface area contributed by atoms with Crippen molar-refractivity contribution >= 4 is 5.97 Å². The second-order valence-corrected chi connectivity index (χ2v) is 4.08. The topological polar surface area (TPSA) is 82.0 Å². The smallest absolute Gasteiger partial charge is 0.358 e. The van der Waals surface area contributed by atoms with Gasteiger partial charge in [0.05, 0.1) is 0 Å². The SMILES string of the molecule is O=C(ON1CCNCC1)C(O)c1ccc(O)cc1. The number of rotatable bonds is 3. The van der Waals surface area contributed by atoms with Gasteiger partial charge in [-0.15, -0.1) is 5.06 Å². The molecule has 3 N–H and O–H groups in total. The third-order valence-corrected chi connectivity index (χ3v) is 2.73. The number of hydrogen-bond acceptors (Lipinski definition) is 6. The van der Waals surface area contributed by atoms with Crippen LogP contribution in [0, 0.1) is 0 Å². The Morgan fingerprint density at radius 1 is 1.28 bits per heavy atom. The van der Waals surface area contributed by atoms with Gasteiger partial charge in [0.2, 0.25) is 0 Å². The molecule has 6 heteroatoms. The zero-order valence-electron chi connectivity index (χ0n) is 9.87. The van der Waals surface area contributed by atoms with Crippen molar-refractivity contribution in [1.29, 1.82) is 0 Å². The number of phenols is 1. The van der Waals surface area contributed by atoms with E-state index in [-0.39, 0.29) is 5.75 Å². The van der Waals surface area contributed by atoms with Gasteiger partial charge in [-0.2, -0.15) is 0 Å². The van der Waals surface area contributed by atoms with E-state index in [0.717, 1.165) is 13.1 Å². The van der Waals surface area contributed by atoms with Gasteiger partial charge in [-0.3, -0.25) is 0 Å². The number of aliphatic hydroxyl groups excluding tert-OH is 1. The molecule has 18 heavy (non-hydrogen) atoms. The maximum absolute atomic E-state index is 11.7. The molecule has 1 aromatic rings. The summed E-state index contributed by atoms with van der Waals surface area (Å²) in [7, 11) is 0. The molecule has 1 heterocycles. The van der Waals surface area contributed by atoms with E-state index in [1.54, 1.807) is 0 Å². The predicted octanol–water partition coefficient (Wildman–Crippen LogP) is -0.211. The molecule has 0 amide bonds. The molecule has 1 aliphatic rings. The fourth-order valence-electron chi connectivity index (χ4n) is 1.71. The lowest BCUT2D eigenvalue weighted by atomic mass is 10.1. The highest BCUT2D eigenvalue weighted by Crippen LogP contribution is 2.18. The molecule has 0 aromatic heterocycles. The van der Waals surface area contributed by atoms with Crippen LogP contribution in [-0.2, 0) is 9.63 Å². The second kappa shape index (κ2) is 5.81. The van der Waals surface area contributed by atoms with E-state index in [2.05, 4.69) is 5.32 Å². The first kappa shape index (κ1) is 12.8. The number of nitrogens with zero attached hydrogens (tertiary/aromatic N) is 1. The number of carbonyl (C=O) groups is 1. The number of carbonyl (C=O) groups excluding carboxylic acids is 1. The fraction of sp³-hybridized carbons (Fsp3) is 0.417. The molecule has 2 rings (SSSR count). The number of hydrogen-bond donors (Lipinski definition) is 3. The van der Waals surface area contributed by atoms with Crippen LogP contribution >= 0.6 is 0 Å². The van der Waals surface area contributed by atoms with E-state index in [1.807, 2.05) is 0 Å². The van der Waals surface area contributed by atoms with Gasteiger partial charge < -0.3 is 20.4 Å². The Balaban J connectivity index is 1.93. The molecule has 1 unspecified atom stereocenters. The van der Waals surface area contributed by atoms with Crippen molar-refractivity contribution in [2.75, 3.05) is 26.2 Å². The Bertz CT molecular complexity index is 401. The fourth-order valence-corrected chi connectivity index (χ4v) is 1.71. The van der Waals surface area contributed by atoms with Crippen molar-refractivity contribution < 1.29 is 19.8 Å². The van der Waals surface area contributed by atoms with Crippen LogP contribution in [-0.4, -0.2) is 47.4 Å². The van der Waals surface area contributed by atoms with E-state index in [1.165, 1.54) is 29.3 Å². The normalized spacial score (nSPS) is 18.3. The summed E-state index contributed by atoms with van der Waals surface area (Å²) in [6.45, 7) is 2.72. The standard InChI is InChI=1S/C12H16N2O4/c15-10-3-1-9(2-4-10)11(16)12(17)18-14-7-5-13-6-8-14/h1-4,11,13,15-16H,5-8H2. The van der Waals surface area contributed by atoms with E-state index < -0.39 is 12.1 Å². The number of aromatic hydroxyl groups is 1. The summed E-state index contributed by atoms with van der Waals surface area (Å²) < 4.78 is 0. The van der Waals surface area contributed by atoms with Crippen molar-refractivity contribution in [3.8, 4) is 5.75 Å². The van der Waals surface area contributed by atoms with Crippen LogP contribution in [0.15, 0.2) is 24.3 Å². The third kappa shape index (κ3) is 3.19. The molecular formula is C12H16N2O4. The molecule has 0 radical (unpaired) electrons. The van der Waals surface area contributed by atoms with E-state index in [4.69, 9.17) is 9.94 Å². The highest BCUT2D eigenvalue weighted by molar-refractivity contribution is 5.76. The summed E-state index contributed by atoms with van der Waals surface area (Å²) in [5.74, 6) is -0.621. The first-order chi connectivity index (χ1) is 8.66. The number of piperazine rings is 1. The zero-order valence-corrected chi connectivity index (χ0v) is 9.87. The first-order valence-corrected chi connectivity index (χ1v) is 5.81. The molecular weight excluding hydrogens is 236 g/mol. The van der Waals surface area contributed by atoms with Crippen LogP contribution in [0.4, 0.5) is 0 Å². The lowest BCUT2D eigenvalue weighted by molar-refractivity contribution is -0.202. The summed E-state index contributed by atoms with van der Waals surface area (Å²) in [4.78, 5) is 16.8. The number of nitrogens with one attached hydrogen (secondary N) is 1. The minimum Gasteiger partial charge on any atom is -0.508 e. The van der Waals surface area contributed by atoms with Gasteiger partial charge >= 0.3 is 5.97 Å². The molecule has 1 saturated heterocycles. The lowest BCUT2D eigenvalue weighted by Gasteiger charge is -2.26.